The van der Waals surface area contributed by atoms with Crippen LogP contribution >= 0.6 is 0 Å². The third-order valence-corrected chi connectivity index (χ3v) is 12.2. The Morgan fingerprint density at radius 3 is 1.04 bits per heavy atom. The molecule has 0 bridgehead atoms. The first-order valence-electron chi connectivity index (χ1n) is 18.4. The van der Waals surface area contributed by atoms with Crippen molar-refractivity contribution in [3.63, 3.8) is 0 Å². The summed E-state index contributed by atoms with van der Waals surface area (Å²) >= 11 is 0. The van der Waals surface area contributed by atoms with Crippen molar-refractivity contribution in [1.29, 1.82) is 0 Å². The average molecular weight is 657 g/mol. The Morgan fingerprint density at radius 1 is 0.250 bits per heavy atom. The highest BCUT2D eigenvalue weighted by Gasteiger charge is 2.30. The van der Waals surface area contributed by atoms with Gasteiger partial charge in [-0.1, -0.05) is 146 Å². The van der Waals surface area contributed by atoms with Gasteiger partial charge in [0, 0.05) is 0 Å². The summed E-state index contributed by atoms with van der Waals surface area (Å²) in [5.41, 5.74) is 18.6. The Bertz CT molecular complexity index is 3020. The molecule has 0 fully saturated rings. The van der Waals surface area contributed by atoms with Crippen molar-refractivity contribution in [3.8, 4) is 66.8 Å². The minimum Gasteiger partial charge on any atom is -0.0620 e. The maximum atomic E-state index is 2.50. The number of fused-ring (bicyclic) bond motifs is 11. The molecule has 0 saturated carbocycles. The summed E-state index contributed by atoms with van der Waals surface area (Å²) in [6, 6.07) is 59.7. The van der Waals surface area contributed by atoms with Crippen molar-refractivity contribution in [2.75, 3.05) is 0 Å². The SMILES string of the molecule is Cc1ccccc1-c1c2c(cc3c1ccc1c4cc5c(c(-c6ccccc6C)c4ccc31)-c1cccc3cccc-5c13)-c1cccc3cccc-2c13. The molecule has 0 heteroatoms. The second-order valence-corrected chi connectivity index (χ2v) is 14.8. The Hall–Kier alpha value is -6.50. The maximum Gasteiger partial charge on any atom is -0.00136 e. The summed E-state index contributed by atoms with van der Waals surface area (Å²) in [7, 11) is 0. The van der Waals surface area contributed by atoms with Crippen molar-refractivity contribution in [2.45, 2.75) is 13.8 Å². The highest BCUT2D eigenvalue weighted by Crippen LogP contribution is 2.57. The largest absolute Gasteiger partial charge is 0.0620 e. The Morgan fingerprint density at radius 2 is 0.615 bits per heavy atom. The van der Waals surface area contributed by atoms with Crippen LogP contribution < -0.4 is 0 Å². The molecule has 10 aromatic carbocycles. The number of benzene rings is 10. The van der Waals surface area contributed by atoms with Gasteiger partial charge >= 0.3 is 0 Å². The van der Waals surface area contributed by atoms with Crippen LogP contribution in [0.2, 0.25) is 0 Å². The summed E-state index contributed by atoms with van der Waals surface area (Å²) in [4.78, 5) is 0. The van der Waals surface area contributed by atoms with E-state index >= 15 is 0 Å². The Kier molecular flexibility index (Phi) is 5.46. The van der Waals surface area contributed by atoms with Crippen LogP contribution in [0, 0.1) is 13.8 Å². The third kappa shape index (κ3) is 3.52. The molecule has 0 atom stereocenters. The molecule has 10 aromatic rings. The van der Waals surface area contributed by atoms with Gasteiger partial charge < -0.3 is 0 Å². The average Bonchev–Trinajstić information content (AvgIpc) is 3.68. The molecule has 2 aliphatic carbocycles. The van der Waals surface area contributed by atoms with Crippen molar-refractivity contribution >= 4 is 53.9 Å². The fourth-order valence-corrected chi connectivity index (χ4v) is 9.97. The maximum absolute atomic E-state index is 2.50. The summed E-state index contributed by atoms with van der Waals surface area (Å²) in [6.45, 7) is 4.51. The molecule has 0 spiro atoms. The van der Waals surface area contributed by atoms with Gasteiger partial charge in [0.05, 0.1) is 0 Å². The zero-order valence-electron chi connectivity index (χ0n) is 29.0. The van der Waals surface area contributed by atoms with Gasteiger partial charge in [-0.2, -0.15) is 0 Å². The molecule has 0 aliphatic heterocycles. The van der Waals surface area contributed by atoms with E-state index in [4.69, 9.17) is 0 Å². The van der Waals surface area contributed by atoms with E-state index in [-0.39, 0.29) is 0 Å². The minimum atomic E-state index is 1.30. The molecule has 0 aromatic heterocycles. The van der Waals surface area contributed by atoms with E-state index in [9.17, 15) is 0 Å². The van der Waals surface area contributed by atoms with Gasteiger partial charge in [0.25, 0.3) is 0 Å². The van der Waals surface area contributed by atoms with Gasteiger partial charge in [0.2, 0.25) is 0 Å². The van der Waals surface area contributed by atoms with Gasteiger partial charge in [-0.05, 0) is 158 Å². The lowest BCUT2D eigenvalue weighted by Crippen LogP contribution is -1.93. The molecule has 240 valence electrons. The molecule has 12 rings (SSSR count). The van der Waals surface area contributed by atoms with E-state index in [1.54, 1.807) is 0 Å². The molecule has 2 aliphatic rings. The molecule has 0 amide bonds. The monoisotopic (exact) mass is 656 g/mol. The third-order valence-electron chi connectivity index (χ3n) is 12.2. The molecule has 0 radical (unpaired) electrons. The number of hydrogen-bond acceptors (Lipinski definition) is 0. The van der Waals surface area contributed by atoms with E-state index in [0.717, 1.165) is 0 Å². The predicted molar refractivity (Wildman–Crippen MR) is 223 cm³/mol. The van der Waals surface area contributed by atoms with E-state index in [0.29, 0.717) is 0 Å². The van der Waals surface area contributed by atoms with Crippen molar-refractivity contribution in [3.05, 3.63) is 169 Å². The van der Waals surface area contributed by atoms with Crippen LogP contribution in [0.1, 0.15) is 11.1 Å². The van der Waals surface area contributed by atoms with Crippen molar-refractivity contribution in [1.82, 2.24) is 0 Å². The minimum absolute atomic E-state index is 1.30. The number of rotatable bonds is 2. The molecule has 0 heterocycles. The van der Waals surface area contributed by atoms with Gasteiger partial charge in [-0.25, -0.2) is 0 Å². The van der Waals surface area contributed by atoms with Crippen LogP contribution in [0.15, 0.2) is 158 Å². The molecule has 52 heavy (non-hydrogen) atoms. The van der Waals surface area contributed by atoms with Crippen LogP contribution in [0.4, 0.5) is 0 Å². The smallest absolute Gasteiger partial charge is 0.00136 e. The lowest BCUT2D eigenvalue weighted by Gasteiger charge is -2.20. The van der Waals surface area contributed by atoms with E-state index in [1.165, 1.54) is 132 Å². The Labute approximate surface area is 302 Å². The summed E-state index contributed by atoms with van der Waals surface area (Å²) in [5, 5.41) is 13.2. The zero-order valence-corrected chi connectivity index (χ0v) is 29.0. The molecular formula is C52H32. The van der Waals surface area contributed by atoms with Crippen molar-refractivity contribution < 1.29 is 0 Å². The number of hydrogen-bond donors (Lipinski definition) is 0. The molecule has 0 saturated heterocycles. The molecule has 0 nitrogen and oxygen atoms in total. The quantitative estimate of drug-likeness (QED) is 0.162. The summed E-state index contributed by atoms with van der Waals surface area (Å²) in [6.07, 6.45) is 0. The standard InChI is InChI=1S/C52H32/c1-29-11-3-5-17-33(29)49-39-25-23-36-35(43(39)27-45-37-19-7-13-31-15-9-21-41(47(31)37)51(45)49)24-26-40-44(36)28-46-38-20-8-14-32-16-10-22-42(48(32)38)52(46)50(40)34-18-6-4-12-30(34)2/h3-28H,1-2H3. The summed E-state index contributed by atoms with van der Waals surface area (Å²) in [5.74, 6) is 0. The molecular weight excluding hydrogens is 625 g/mol. The topological polar surface area (TPSA) is 0 Å². The van der Waals surface area contributed by atoms with Gasteiger partial charge in [-0.15, -0.1) is 0 Å². The van der Waals surface area contributed by atoms with Gasteiger partial charge in [0.1, 0.15) is 0 Å². The van der Waals surface area contributed by atoms with E-state index in [1.807, 2.05) is 0 Å². The zero-order chi connectivity index (χ0) is 34.2. The first-order valence-corrected chi connectivity index (χ1v) is 18.4. The second kappa shape index (κ2) is 10.1. The lowest BCUT2D eigenvalue weighted by molar-refractivity contribution is 1.47. The first-order chi connectivity index (χ1) is 25.7. The summed E-state index contributed by atoms with van der Waals surface area (Å²) < 4.78 is 0. The Balaban J connectivity index is 1.25. The highest BCUT2D eigenvalue weighted by molar-refractivity contribution is 6.30. The second-order valence-electron chi connectivity index (χ2n) is 14.8. The lowest BCUT2D eigenvalue weighted by atomic mass is 9.83. The van der Waals surface area contributed by atoms with Crippen LogP contribution in [0.3, 0.4) is 0 Å². The predicted octanol–water partition coefficient (Wildman–Crippen LogP) is 14.7. The van der Waals surface area contributed by atoms with Crippen LogP contribution in [0.25, 0.3) is 121 Å². The van der Waals surface area contributed by atoms with Crippen molar-refractivity contribution in [2.24, 2.45) is 0 Å². The van der Waals surface area contributed by atoms with Crippen LogP contribution in [-0.4, -0.2) is 0 Å². The van der Waals surface area contributed by atoms with Gasteiger partial charge in [-0.3, -0.25) is 0 Å². The van der Waals surface area contributed by atoms with E-state index < -0.39 is 0 Å². The highest BCUT2D eigenvalue weighted by atomic mass is 14.3. The van der Waals surface area contributed by atoms with Gasteiger partial charge in [0.15, 0.2) is 0 Å². The fourth-order valence-electron chi connectivity index (χ4n) is 9.97. The van der Waals surface area contributed by atoms with E-state index in [2.05, 4.69) is 172 Å². The first kappa shape index (κ1) is 28.2. The molecule has 0 unspecified atom stereocenters. The molecule has 0 N–H and O–H groups in total. The normalized spacial score (nSPS) is 12.4. The van der Waals surface area contributed by atoms with Crippen LogP contribution in [0.5, 0.6) is 0 Å². The fraction of sp³-hybridized carbons (Fsp3) is 0.0385. The van der Waals surface area contributed by atoms with Crippen LogP contribution in [-0.2, 0) is 0 Å². The number of aryl methyl sites for hydroxylation is 2.